The zero-order valence-corrected chi connectivity index (χ0v) is 8.45. The Bertz CT molecular complexity index is 516. The van der Waals surface area contributed by atoms with Crippen molar-refractivity contribution < 1.29 is 13.6 Å². The molecule has 3 nitrogen and oxygen atoms in total. The maximum Gasteiger partial charge on any atom is 0.165 e. The van der Waals surface area contributed by atoms with Crippen LogP contribution in [0.5, 0.6) is 0 Å². The second-order valence-corrected chi connectivity index (χ2v) is 3.43. The average Bonchev–Trinajstić information content (AvgIpc) is 2.60. The smallest absolute Gasteiger partial charge is 0.165 e. The van der Waals surface area contributed by atoms with Gasteiger partial charge in [0, 0.05) is 17.8 Å². The molecule has 15 heavy (non-hydrogen) atoms. The first-order chi connectivity index (χ1) is 7.09. The topological polar surface area (TPSA) is 43.1 Å². The van der Waals surface area contributed by atoms with Crippen LogP contribution in [0.2, 0.25) is 0 Å². The molecule has 1 atom stereocenters. The lowest BCUT2D eigenvalue weighted by molar-refractivity contribution is 0.101. The predicted octanol–water partition coefficient (Wildman–Crippen LogP) is 3.06. The number of rotatable bonds is 2. The number of Topliss-reactive ketones (excluding diaryl/α,β-unsaturated/α-hetero) is 1. The van der Waals surface area contributed by atoms with Crippen LogP contribution in [-0.4, -0.2) is 10.8 Å². The van der Waals surface area contributed by atoms with Crippen molar-refractivity contribution in [1.29, 1.82) is 0 Å². The van der Waals surface area contributed by atoms with E-state index in [0.717, 1.165) is 0 Å². The third-order valence-corrected chi connectivity index (χ3v) is 2.21. The van der Waals surface area contributed by atoms with E-state index in [1.165, 1.54) is 20.0 Å². The van der Waals surface area contributed by atoms with Crippen molar-refractivity contribution in [2.75, 3.05) is 0 Å². The Hall–Kier alpha value is -1.71. The number of ketones is 1. The van der Waals surface area contributed by atoms with Crippen molar-refractivity contribution in [2.45, 2.75) is 20.0 Å². The normalized spacial score (nSPS) is 13.0. The molecule has 0 fully saturated rings. The number of furan rings is 1. The summed E-state index contributed by atoms with van der Waals surface area (Å²) in [6.45, 7) is 2.82. The van der Waals surface area contributed by atoms with Crippen LogP contribution < -0.4 is 0 Å². The summed E-state index contributed by atoms with van der Waals surface area (Å²) in [5, 5.41) is 0.655. The molecule has 0 N–H and O–H groups in total. The van der Waals surface area contributed by atoms with E-state index < -0.39 is 6.17 Å². The van der Waals surface area contributed by atoms with E-state index in [1.807, 2.05) is 0 Å². The molecular formula is C11H10FNO2. The van der Waals surface area contributed by atoms with Gasteiger partial charge in [-0.05, 0) is 19.9 Å². The molecule has 1 unspecified atom stereocenters. The van der Waals surface area contributed by atoms with E-state index in [0.29, 0.717) is 16.5 Å². The Balaban J connectivity index is 2.70. The summed E-state index contributed by atoms with van der Waals surface area (Å²) in [7, 11) is 0. The first-order valence-corrected chi connectivity index (χ1v) is 4.62. The van der Waals surface area contributed by atoms with Gasteiger partial charge < -0.3 is 4.42 Å². The van der Waals surface area contributed by atoms with Gasteiger partial charge in [-0.15, -0.1) is 0 Å². The number of alkyl halides is 1. The summed E-state index contributed by atoms with van der Waals surface area (Å²) in [5.74, 6) is 0.0843. The molecule has 0 aromatic carbocycles. The highest BCUT2D eigenvalue weighted by Gasteiger charge is 2.14. The van der Waals surface area contributed by atoms with E-state index in [2.05, 4.69) is 4.98 Å². The summed E-state index contributed by atoms with van der Waals surface area (Å²) in [6.07, 6.45) is 1.80. The van der Waals surface area contributed by atoms with Gasteiger partial charge in [-0.25, -0.2) is 4.39 Å². The molecule has 2 rings (SSSR count). The van der Waals surface area contributed by atoms with Crippen molar-refractivity contribution in [1.82, 2.24) is 4.98 Å². The molecule has 0 spiro atoms. The SMILES string of the molecule is CC(=O)c1cncc2cc(C(C)F)oc12. The van der Waals surface area contributed by atoms with Crippen LogP contribution in [0.1, 0.15) is 36.1 Å². The predicted molar refractivity (Wildman–Crippen MR) is 53.5 cm³/mol. The molecule has 0 aliphatic rings. The molecule has 4 heteroatoms. The summed E-state index contributed by atoms with van der Waals surface area (Å²) in [4.78, 5) is 15.1. The van der Waals surface area contributed by atoms with Crippen LogP contribution in [0, 0.1) is 0 Å². The zero-order chi connectivity index (χ0) is 11.0. The average molecular weight is 207 g/mol. The molecular weight excluding hydrogens is 197 g/mol. The summed E-state index contributed by atoms with van der Waals surface area (Å²) in [6, 6.07) is 1.57. The summed E-state index contributed by atoms with van der Waals surface area (Å²) < 4.78 is 18.3. The van der Waals surface area contributed by atoms with E-state index in [-0.39, 0.29) is 11.5 Å². The minimum atomic E-state index is -1.18. The maximum absolute atomic E-state index is 13.0. The van der Waals surface area contributed by atoms with Gasteiger partial charge in [0.25, 0.3) is 0 Å². The maximum atomic E-state index is 13.0. The number of nitrogens with zero attached hydrogens (tertiary/aromatic N) is 1. The van der Waals surface area contributed by atoms with Crippen molar-refractivity contribution in [3.05, 3.63) is 29.8 Å². The standard InChI is InChI=1S/C11H10FNO2/c1-6(12)10-3-8-4-13-5-9(7(2)14)11(8)15-10/h3-6H,1-2H3. The van der Waals surface area contributed by atoms with Gasteiger partial charge in [-0.2, -0.15) is 0 Å². The van der Waals surface area contributed by atoms with Crippen LogP contribution >= 0.6 is 0 Å². The van der Waals surface area contributed by atoms with Gasteiger partial charge in [-0.3, -0.25) is 9.78 Å². The monoisotopic (exact) mass is 207 g/mol. The Morgan fingerprint density at radius 3 is 2.87 bits per heavy atom. The third kappa shape index (κ3) is 1.63. The Morgan fingerprint density at radius 1 is 1.53 bits per heavy atom. The minimum Gasteiger partial charge on any atom is -0.457 e. The molecule has 0 aliphatic carbocycles. The highest BCUT2D eigenvalue weighted by atomic mass is 19.1. The van der Waals surface area contributed by atoms with Crippen molar-refractivity contribution in [3.63, 3.8) is 0 Å². The quantitative estimate of drug-likeness (QED) is 0.711. The third-order valence-electron chi connectivity index (χ3n) is 2.21. The highest BCUT2D eigenvalue weighted by Crippen LogP contribution is 2.27. The summed E-state index contributed by atoms with van der Waals surface area (Å²) in [5.41, 5.74) is 0.802. The van der Waals surface area contributed by atoms with Gasteiger partial charge >= 0.3 is 0 Å². The largest absolute Gasteiger partial charge is 0.457 e. The lowest BCUT2D eigenvalue weighted by Gasteiger charge is -1.96. The summed E-state index contributed by atoms with van der Waals surface area (Å²) >= 11 is 0. The first-order valence-electron chi connectivity index (χ1n) is 4.62. The van der Waals surface area contributed by atoms with E-state index in [1.54, 1.807) is 12.3 Å². The first kappa shape index (κ1) is 9.83. The fourth-order valence-electron chi connectivity index (χ4n) is 1.43. The van der Waals surface area contributed by atoms with Crippen molar-refractivity contribution in [2.24, 2.45) is 0 Å². The van der Waals surface area contributed by atoms with E-state index in [9.17, 15) is 9.18 Å². The van der Waals surface area contributed by atoms with Crippen molar-refractivity contribution >= 4 is 16.8 Å². The molecule has 2 aromatic rings. The second-order valence-electron chi connectivity index (χ2n) is 3.43. The van der Waals surface area contributed by atoms with E-state index in [4.69, 9.17) is 4.42 Å². The number of halogens is 1. The fourth-order valence-corrected chi connectivity index (χ4v) is 1.43. The van der Waals surface area contributed by atoms with E-state index >= 15 is 0 Å². The fraction of sp³-hybridized carbons (Fsp3) is 0.273. The molecule has 2 aromatic heterocycles. The number of pyridine rings is 1. The number of carbonyl (C=O) groups is 1. The zero-order valence-electron chi connectivity index (χ0n) is 8.45. The van der Waals surface area contributed by atoms with Gasteiger partial charge in [-0.1, -0.05) is 0 Å². The van der Waals surface area contributed by atoms with Crippen LogP contribution in [0.25, 0.3) is 11.0 Å². The molecule has 0 amide bonds. The molecule has 0 aliphatic heterocycles. The number of hydrogen-bond acceptors (Lipinski definition) is 3. The Morgan fingerprint density at radius 2 is 2.27 bits per heavy atom. The number of aromatic nitrogens is 1. The van der Waals surface area contributed by atoms with Crippen LogP contribution in [-0.2, 0) is 0 Å². The number of fused-ring (bicyclic) bond motifs is 1. The van der Waals surface area contributed by atoms with Crippen molar-refractivity contribution in [3.8, 4) is 0 Å². The molecule has 0 saturated heterocycles. The highest BCUT2D eigenvalue weighted by molar-refractivity contribution is 6.04. The van der Waals surface area contributed by atoms with Gasteiger partial charge in [0.15, 0.2) is 12.0 Å². The van der Waals surface area contributed by atoms with Gasteiger partial charge in [0.05, 0.1) is 5.56 Å². The minimum absolute atomic E-state index is 0.138. The lowest BCUT2D eigenvalue weighted by atomic mass is 10.1. The Kier molecular flexibility index (Phi) is 2.26. The molecule has 0 bridgehead atoms. The second kappa shape index (κ2) is 3.46. The molecule has 2 heterocycles. The molecule has 0 radical (unpaired) electrons. The molecule has 78 valence electrons. The lowest BCUT2D eigenvalue weighted by Crippen LogP contribution is -1.92. The van der Waals surface area contributed by atoms with Gasteiger partial charge in [0.1, 0.15) is 11.3 Å². The number of hydrogen-bond donors (Lipinski definition) is 0. The number of carbonyl (C=O) groups excluding carboxylic acids is 1. The van der Waals surface area contributed by atoms with Crippen LogP contribution in [0.3, 0.4) is 0 Å². The van der Waals surface area contributed by atoms with Crippen LogP contribution in [0.4, 0.5) is 4.39 Å². The van der Waals surface area contributed by atoms with Crippen LogP contribution in [0.15, 0.2) is 22.9 Å². The van der Waals surface area contributed by atoms with Gasteiger partial charge in [0.2, 0.25) is 0 Å². The Labute approximate surface area is 85.9 Å². The molecule has 0 saturated carbocycles.